The van der Waals surface area contributed by atoms with Crippen LogP contribution >= 0.6 is 0 Å². The Morgan fingerprint density at radius 1 is 1.37 bits per heavy atom. The van der Waals surface area contributed by atoms with E-state index in [0.29, 0.717) is 24.2 Å². The molecule has 2 aliphatic rings. The second-order valence-corrected chi connectivity index (χ2v) is 6.62. The number of aliphatic carboxylic acids is 1. The van der Waals surface area contributed by atoms with E-state index in [9.17, 15) is 4.79 Å². The Bertz CT molecular complexity index is 551. The van der Waals surface area contributed by atoms with Crippen LogP contribution in [0.15, 0.2) is 0 Å². The lowest BCUT2D eigenvalue weighted by Gasteiger charge is -2.22. The van der Waals surface area contributed by atoms with E-state index in [0.717, 1.165) is 35.6 Å². The Morgan fingerprint density at radius 3 is 2.63 bits per heavy atom. The summed E-state index contributed by atoms with van der Waals surface area (Å²) in [5, 5.41) is 9.14. The van der Waals surface area contributed by atoms with Crippen LogP contribution in [0, 0.1) is 18.3 Å². The van der Waals surface area contributed by atoms with Gasteiger partial charge in [-0.1, -0.05) is 13.8 Å². The number of hydrogen-bond acceptors (Lipinski definition) is 3. The summed E-state index contributed by atoms with van der Waals surface area (Å²) in [4.78, 5) is 20.5. The molecule has 19 heavy (non-hydrogen) atoms. The lowest BCUT2D eigenvalue weighted by Crippen LogP contribution is -2.24. The van der Waals surface area contributed by atoms with Gasteiger partial charge >= 0.3 is 5.97 Å². The van der Waals surface area contributed by atoms with Gasteiger partial charge in [0.15, 0.2) is 0 Å². The van der Waals surface area contributed by atoms with Crippen LogP contribution < -0.4 is 0 Å². The van der Waals surface area contributed by atoms with E-state index in [4.69, 9.17) is 10.1 Å². The molecule has 1 aromatic heterocycles. The molecule has 1 N–H and O–H groups in total. The third-order valence-electron chi connectivity index (χ3n) is 4.67. The van der Waals surface area contributed by atoms with Crippen molar-refractivity contribution in [2.45, 2.75) is 52.4 Å². The predicted molar refractivity (Wildman–Crippen MR) is 71.1 cm³/mol. The summed E-state index contributed by atoms with van der Waals surface area (Å²) in [7, 11) is 0. The number of hydrogen-bond donors (Lipinski definition) is 1. The van der Waals surface area contributed by atoms with Gasteiger partial charge in [0.25, 0.3) is 0 Å². The molecule has 0 bridgehead atoms. The molecule has 1 saturated carbocycles. The summed E-state index contributed by atoms with van der Waals surface area (Å²) in [6.45, 7) is 6.48. The Morgan fingerprint density at radius 2 is 2.05 bits per heavy atom. The Balaban J connectivity index is 1.92. The van der Waals surface area contributed by atoms with Gasteiger partial charge in [-0.25, -0.2) is 9.97 Å². The molecule has 3 rings (SSSR count). The second-order valence-electron chi connectivity index (χ2n) is 6.62. The van der Waals surface area contributed by atoms with Gasteiger partial charge < -0.3 is 5.11 Å². The van der Waals surface area contributed by atoms with Crippen molar-refractivity contribution < 1.29 is 9.90 Å². The van der Waals surface area contributed by atoms with E-state index in [1.807, 2.05) is 6.92 Å². The highest BCUT2D eigenvalue weighted by molar-refractivity contribution is 5.71. The second kappa shape index (κ2) is 4.02. The smallest absolute Gasteiger partial charge is 0.306 e. The van der Waals surface area contributed by atoms with Gasteiger partial charge in [-0.15, -0.1) is 0 Å². The molecule has 0 aliphatic heterocycles. The molecule has 0 aromatic carbocycles. The molecule has 4 nitrogen and oxygen atoms in total. The fourth-order valence-electron chi connectivity index (χ4n) is 3.09. The molecule has 0 saturated heterocycles. The largest absolute Gasteiger partial charge is 0.481 e. The molecule has 0 spiro atoms. The Kier molecular flexibility index (Phi) is 2.66. The van der Waals surface area contributed by atoms with E-state index in [-0.39, 0.29) is 5.92 Å². The number of rotatable bonds is 2. The summed E-state index contributed by atoms with van der Waals surface area (Å²) >= 11 is 0. The number of carboxylic acids is 1. The number of carbonyl (C=O) groups is 1. The van der Waals surface area contributed by atoms with Crippen molar-refractivity contribution in [2.75, 3.05) is 0 Å². The van der Waals surface area contributed by atoms with Crippen molar-refractivity contribution in [3.8, 4) is 0 Å². The maximum atomic E-state index is 11.1. The minimum Gasteiger partial charge on any atom is -0.481 e. The van der Waals surface area contributed by atoms with Gasteiger partial charge in [-0.2, -0.15) is 0 Å². The van der Waals surface area contributed by atoms with E-state index in [1.54, 1.807) is 0 Å². The molecular formula is C15H20N2O2. The molecule has 102 valence electrons. The molecular weight excluding hydrogens is 240 g/mol. The Labute approximate surface area is 113 Å². The molecule has 4 heteroatoms. The average molecular weight is 260 g/mol. The molecule has 0 amide bonds. The summed E-state index contributed by atoms with van der Waals surface area (Å²) in [6.07, 6.45) is 3.22. The zero-order valence-electron chi connectivity index (χ0n) is 11.7. The van der Waals surface area contributed by atoms with Crippen molar-refractivity contribution >= 4 is 5.97 Å². The lowest BCUT2D eigenvalue weighted by molar-refractivity contribution is -0.142. The normalized spacial score (nSPS) is 27.7. The van der Waals surface area contributed by atoms with Crippen LogP contribution in [0.4, 0.5) is 0 Å². The van der Waals surface area contributed by atoms with Crippen LogP contribution in [0.1, 0.15) is 55.4 Å². The number of aromatic nitrogens is 2. The fraction of sp³-hybridized carbons (Fsp3) is 0.667. The number of carboxylic acid groups (broad SMARTS) is 1. The zero-order valence-corrected chi connectivity index (χ0v) is 11.7. The number of aryl methyl sites for hydroxylation is 2. The highest BCUT2D eigenvalue weighted by Gasteiger charge is 2.49. The quantitative estimate of drug-likeness (QED) is 0.887. The standard InChI is InChI=1S/C15H20N2O2/c1-8-10-6-9(14(18)19)4-5-12(10)17-13(16-8)11-7-15(11,2)3/h9,11H,4-7H2,1-3H3,(H,18,19). The van der Waals surface area contributed by atoms with Crippen LogP contribution in [-0.4, -0.2) is 21.0 Å². The summed E-state index contributed by atoms with van der Waals surface area (Å²) in [5.41, 5.74) is 3.47. The fourth-order valence-corrected chi connectivity index (χ4v) is 3.09. The van der Waals surface area contributed by atoms with Crippen LogP contribution in [-0.2, 0) is 17.6 Å². The molecule has 2 aliphatic carbocycles. The minimum absolute atomic E-state index is 0.266. The predicted octanol–water partition coefficient (Wildman–Crippen LogP) is 2.49. The first-order chi connectivity index (χ1) is 8.88. The van der Waals surface area contributed by atoms with Gasteiger partial charge in [0.2, 0.25) is 0 Å². The molecule has 0 radical (unpaired) electrons. The van der Waals surface area contributed by atoms with Crippen LogP contribution in [0.25, 0.3) is 0 Å². The third-order valence-corrected chi connectivity index (χ3v) is 4.67. The van der Waals surface area contributed by atoms with Crippen molar-refractivity contribution in [1.29, 1.82) is 0 Å². The summed E-state index contributed by atoms with van der Waals surface area (Å²) < 4.78 is 0. The first kappa shape index (κ1) is 12.6. The van der Waals surface area contributed by atoms with Crippen LogP contribution in [0.2, 0.25) is 0 Å². The van der Waals surface area contributed by atoms with Crippen molar-refractivity contribution in [1.82, 2.24) is 9.97 Å². The maximum absolute atomic E-state index is 11.1. The van der Waals surface area contributed by atoms with E-state index >= 15 is 0 Å². The zero-order chi connectivity index (χ0) is 13.8. The first-order valence-corrected chi connectivity index (χ1v) is 6.97. The average Bonchev–Trinajstić information content (AvgIpc) is 2.98. The Hall–Kier alpha value is -1.45. The van der Waals surface area contributed by atoms with Crippen molar-refractivity contribution in [3.05, 3.63) is 22.8 Å². The highest BCUT2D eigenvalue weighted by atomic mass is 16.4. The molecule has 1 aromatic rings. The van der Waals surface area contributed by atoms with E-state index in [1.165, 1.54) is 0 Å². The van der Waals surface area contributed by atoms with Gasteiger partial charge in [-0.3, -0.25) is 4.79 Å². The maximum Gasteiger partial charge on any atom is 0.306 e. The van der Waals surface area contributed by atoms with Gasteiger partial charge in [-0.05, 0) is 43.6 Å². The van der Waals surface area contributed by atoms with E-state index < -0.39 is 5.97 Å². The molecule has 1 heterocycles. The number of nitrogens with zero attached hydrogens (tertiary/aromatic N) is 2. The van der Waals surface area contributed by atoms with Crippen LogP contribution in [0.5, 0.6) is 0 Å². The molecule has 1 fully saturated rings. The SMILES string of the molecule is Cc1nc(C2CC2(C)C)nc2c1CC(C(=O)O)CC2. The van der Waals surface area contributed by atoms with Gasteiger partial charge in [0, 0.05) is 17.3 Å². The van der Waals surface area contributed by atoms with E-state index in [2.05, 4.69) is 18.8 Å². The highest BCUT2D eigenvalue weighted by Crippen LogP contribution is 2.57. The lowest BCUT2D eigenvalue weighted by atomic mass is 9.86. The first-order valence-electron chi connectivity index (χ1n) is 6.97. The van der Waals surface area contributed by atoms with Gasteiger partial charge in [0.1, 0.15) is 5.82 Å². The number of fused-ring (bicyclic) bond motifs is 1. The summed E-state index contributed by atoms with van der Waals surface area (Å²) in [6, 6.07) is 0. The van der Waals surface area contributed by atoms with Crippen molar-refractivity contribution in [2.24, 2.45) is 11.3 Å². The topological polar surface area (TPSA) is 63.1 Å². The summed E-state index contributed by atoms with van der Waals surface area (Å²) in [5.74, 6) is 0.485. The monoisotopic (exact) mass is 260 g/mol. The minimum atomic E-state index is -0.697. The van der Waals surface area contributed by atoms with Gasteiger partial charge in [0.05, 0.1) is 5.92 Å². The third kappa shape index (κ3) is 2.13. The van der Waals surface area contributed by atoms with Crippen molar-refractivity contribution in [3.63, 3.8) is 0 Å². The molecule has 2 atom stereocenters. The van der Waals surface area contributed by atoms with Crippen LogP contribution in [0.3, 0.4) is 0 Å². The molecule has 2 unspecified atom stereocenters.